The number of anilines is 2. The number of nitrogens with zero attached hydrogens (tertiary/aromatic N) is 3. The van der Waals surface area contributed by atoms with Crippen LogP contribution in [0.1, 0.15) is 17.3 Å². The molecule has 1 amide bonds. The van der Waals surface area contributed by atoms with Gasteiger partial charge < -0.3 is 5.11 Å². The van der Waals surface area contributed by atoms with E-state index in [1.165, 1.54) is 24.0 Å². The van der Waals surface area contributed by atoms with E-state index in [0.29, 0.717) is 11.4 Å². The molecule has 0 aliphatic rings. The highest BCUT2D eigenvalue weighted by atomic mass is 16.4. The van der Waals surface area contributed by atoms with Crippen molar-refractivity contribution in [1.82, 2.24) is 9.78 Å². The number of aromatic nitrogens is 2. The van der Waals surface area contributed by atoms with Crippen molar-refractivity contribution in [3.8, 4) is 0 Å². The lowest BCUT2D eigenvalue weighted by Crippen LogP contribution is -2.22. The SMILES string of the molecule is CC(=O)N(c1cccc(C(=O)O)c1)c1cnn(C)c1. The largest absolute Gasteiger partial charge is 0.478 e. The number of benzene rings is 1. The first-order valence-electron chi connectivity index (χ1n) is 5.62. The molecule has 0 bridgehead atoms. The first-order chi connectivity index (χ1) is 8.99. The summed E-state index contributed by atoms with van der Waals surface area (Å²) in [6.07, 6.45) is 3.24. The second kappa shape index (κ2) is 4.93. The summed E-state index contributed by atoms with van der Waals surface area (Å²) in [4.78, 5) is 24.2. The number of carboxylic acids is 1. The van der Waals surface area contributed by atoms with E-state index >= 15 is 0 Å². The van der Waals surface area contributed by atoms with Gasteiger partial charge in [0.2, 0.25) is 5.91 Å². The molecule has 6 heteroatoms. The summed E-state index contributed by atoms with van der Waals surface area (Å²) in [6.45, 7) is 1.42. The van der Waals surface area contributed by atoms with Crippen LogP contribution >= 0.6 is 0 Å². The first kappa shape index (κ1) is 12.8. The molecular formula is C13H13N3O3. The third kappa shape index (κ3) is 2.62. The Morgan fingerprint density at radius 3 is 2.58 bits per heavy atom. The summed E-state index contributed by atoms with van der Waals surface area (Å²) in [5.74, 6) is -1.24. The molecule has 0 atom stereocenters. The van der Waals surface area contributed by atoms with E-state index in [9.17, 15) is 9.59 Å². The molecule has 0 saturated heterocycles. The van der Waals surface area contributed by atoms with Crippen LogP contribution in [0.25, 0.3) is 0 Å². The van der Waals surface area contributed by atoms with Gasteiger partial charge >= 0.3 is 5.97 Å². The molecule has 98 valence electrons. The molecule has 2 rings (SSSR count). The molecule has 1 aromatic carbocycles. The minimum Gasteiger partial charge on any atom is -0.478 e. The molecule has 6 nitrogen and oxygen atoms in total. The summed E-state index contributed by atoms with van der Waals surface area (Å²) in [5.41, 5.74) is 1.23. The molecule has 0 aliphatic carbocycles. The third-order valence-electron chi connectivity index (χ3n) is 2.62. The Morgan fingerprint density at radius 1 is 1.32 bits per heavy atom. The van der Waals surface area contributed by atoms with Crippen molar-refractivity contribution in [3.05, 3.63) is 42.2 Å². The third-order valence-corrected chi connectivity index (χ3v) is 2.62. The number of hydrogen-bond donors (Lipinski definition) is 1. The molecule has 1 heterocycles. The molecule has 19 heavy (non-hydrogen) atoms. The monoisotopic (exact) mass is 259 g/mol. The predicted octanol–water partition coefficient (Wildman–Crippen LogP) is 1.80. The van der Waals surface area contributed by atoms with Gasteiger partial charge in [-0.1, -0.05) is 6.07 Å². The molecule has 0 spiro atoms. The number of carbonyl (C=O) groups excluding carboxylic acids is 1. The number of hydrogen-bond acceptors (Lipinski definition) is 3. The van der Waals surface area contributed by atoms with Gasteiger partial charge in [0.05, 0.1) is 17.4 Å². The Morgan fingerprint density at radius 2 is 2.05 bits per heavy atom. The number of aryl methyl sites for hydroxylation is 1. The maximum Gasteiger partial charge on any atom is 0.335 e. The molecule has 0 saturated carbocycles. The van der Waals surface area contributed by atoms with Crippen LogP contribution in [0.4, 0.5) is 11.4 Å². The summed E-state index contributed by atoms with van der Waals surface area (Å²) >= 11 is 0. The van der Waals surface area contributed by atoms with Crippen LogP contribution in [0.15, 0.2) is 36.7 Å². The number of amides is 1. The van der Waals surface area contributed by atoms with Crippen molar-refractivity contribution >= 4 is 23.3 Å². The molecule has 0 radical (unpaired) electrons. The lowest BCUT2D eigenvalue weighted by atomic mass is 10.2. The minimum absolute atomic E-state index is 0.132. The van der Waals surface area contributed by atoms with Crippen molar-refractivity contribution in [2.75, 3.05) is 4.90 Å². The lowest BCUT2D eigenvalue weighted by molar-refractivity contribution is -0.115. The maximum atomic E-state index is 11.8. The topological polar surface area (TPSA) is 75.4 Å². The van der Waals surface area contributed by atoms with Crippen molar-refractivity contribution in [2.45, 2.75) is 6.92 Å². The minimum atomic E-state index is -1.03. The second-order valence-electron chi connectivity index (χ2n) is 4.08. The van der Waals surface area contributed by atoms with Crippen molar-refractivity contribution in [3.63, 3.8) is 0 Å². The fourth-order valence-corrected chi connectivity index (χ4v) is 1.81. The molecule has 0 unspecified atom stereocenters. The Bertz CT molecular complexity index is 634. The Kier molecular flexibility index (Phi) is 3.33. The van der Waals surface area contributed by atoms with Crippen LogP contribution in [0.3, 0.4) is 0 Å². The first-order valence-corrected chi connectivity index (χ1v) is 5.62. The van der Waals surface area contributed by atoms with Crippen LogP contribution in [-0.2, 0) is 11.8 Å². The van der Waals surface area contributed by atoms with E-state index in [4.69, 9.17) is 5.11 Å². The van der Waals surface area contributed by atoms with Crippen LogP contribution in [-0.4, -0.2) is 26.8 Å². The highest BCUT2D eigenvalue weighted by Crippen LogP contribution is 2.25. The zero-order chi connectivity index (χ0) is 14.0. The van der Waals surface area contributed by atoms with E-state index in [2.05, 4.69) is 5.10 Å². The molecule has 2 aromatic rings. The van der Waals surface area contributed by atoms with Crippen LogP contribution in [0.2, 0.25) is 0 Å². The van der Waals surface area contributed by atoms with E-state index in [0.717, 1.165) is 0 Å². The Balaban J connectivity index is 2.48. The summed E-state index contributed by atoms with van der Waals surface area (Å²) in [6, 6.07) is 6.22. The summed E-state index contributed by atoms with van der Waals surface area (Å²) in [5, 5.41) is 13.0. The lowest BCUT2D eigenvalue weighted by Gasteiger charge is -2.19. The standard InChI is InChI=1S/C13H13N3O3/c1-9(17)16(12-7-14-15(2)8-12)11-5-3-4-10(6-11)13(18)19/h3-8H,1-2H3,(H,18,19). The quantitative estimate of drug-likeness (QED) is 0.912. The van der Waals surface area contributed by atoms with E-state index in [-0.39, 0.29) is 11.5 Å². The van der Waals surface area contributed by atoms with Gasteiger partial charge in [0.1, 0.15) is 0 Å². The molecular weight excluding hydrogens is 246 g/mol. The van der Waals surface area contributed by atoms with Gasteiger partial charge in [-0.15, -0.1) is 0 Å². The second-order valence-corrected chi connectivity index (χ2v) is 4.08. The van der Waals surface area contributed by atoms with E-state index in [1.54, 1.807) is 36.3 Å². The predicted molar refractivity (Wildman–Crippen MR) is 69.4 cm³/mol. The fraction of sp³-hybridized carbons (Fsp3) is 0.154. The van der Waals surface area contributed by atoms with Gasteiger partial charge in [-0.25, -0.2) is 4.79 Å². The molecule has 1 aromatic heterocycles. The number of carbonyl (C=O) groups is 2. The molecule has 0 aliphatic heterocycles. The Hall–Kier alpha value is -2.63. The summed E-state index contributed by atoms with van der Waals surface area (Å²) in [7, 11) is 1.75. The van der Waals surface area contributed by atoms with Crippen LogP contribution in [0, 0.1) is 0 Å². The average molecular weight is 259 g/mol. The highest BCUT2D eigenvalue weighted by Gasteiger charge is 2.16. The number of carboxylic acid groups (broad SMARTS) is 1. The Labute approximate surface area is 109 Å². The molecule has 1 N–H and O–H groups in total. The van der Waals surface area contributed by atoms with Gasteiger partial charge in [0, 0.05) is 25.9 Å². The summed E-state index contributed by atoms with van der Waals surface area (Å²) < 4.78 is 1.58. The van der Waals surface area contributed by atoms with Crippen molar-refractivity contribution < 1.29 is 14.7 Å². The van der Waals surface area contributed by atoms with E-state index < -0.39 is 5.97 Å². The van der Waals surface area contributed by atoms with Crippen LogP contribution in [0.5, 0.6) is 0 Å². The van der Waals surface area contributed by atoms with Crippen molar-refractivity contribution in [1.29, 1.82) is 0 Å². The normalized spacial score (nSPS) is 10.2. The zero-order valence-electron chi connectivity index (χ0n) is 10.6. The maximum absolute atomic E-state index is 11.8. The fourth-order valence-electron chi connectivity index (χ4n) is 1.81. The zero-order valence-corrected chi connectivity index (χ0v) is 10.6. The van der Waals surface area contributed by atoms with Gasteiger partial charge in [-0.2, -0.15) is 5.10 Å². The average Bonchev–Trinajstić information content (AvgIpc) is 2.75. The van der Waals surface area contributed by atoms with Crippen molar-refractivity contribution in [2.24, 2.45) is 7.05 Å². The van der Waals surface area contributed by atoms with Crippen LogP contribution < -0.4 is 4.90 Å². The van der Waals surface area contributed by atoms with Gasteiger partial charge in [-0.05, 0) is 18.2 Å². The number of rotatable bonds is 3. The van der Waals surface area contributed by atoms with Gasteiger partial charge in [-0.3, -0.25) is 14.4 Å². The highest BCUT2D eigenvalue weighted by molar-refractivity contribution is 6.00. The number of aromatic carboxylic acids is 1. The smallest absolute Gasteiger partial charge is 0.335 e. The van der Waals surface area contributed by atoms with Gasteiger partial charge in [0.15, 0.2) is 0 Å². The van der Waals surface area contributed by atoms with E-state index in [1.807, 2.05) is 0 Å². The van der Waals surface area contributed by atoms with Gasteiger partial charge in [0.25, 0.3) is 0 Å². The molecule has 0 fully saturated rings.